The fourth-order valence-corrected chi connectivity index (χ4v) is 2.68. The van der Waals surface area contributed by atoms with Crippen molar-refractivity contribution in [1.82, 2.24) is 9.88 Å². The molecule has 1 amide bonds. The number of hydrogen-bond donors (Lipinski definition) is 2. The third-order valence-electron chi connectivity index (χ3n) is 4.27. The van der Waals surface area contributed by atoms with Crippen LogP contribution in [0, 0.1) is 13.8 Å². The summed E-state index contributed by atoms with van der Waals surface area (Å²) >= 11 is 0. The van der Waals surface area contributed by atoms with Crippen LogP contribution in [0.3, 0.4) is 0 Å². The summed E-state index contributed by atoms with van der Waals surface area (Å²) in [5.41, 5.74) is 3.43. The highest BCUT2D eigenvalue weighted by molar-refractivity contribution is 5.99. The number of carbonyl (C=O) groups is 1. The van der Waals surface area contributed by atoms with E-state index in [4.69, 9.17) is 4.74 Å². The highest BCUT2D eigenvalue weighted by atomic mass is 16.5. The molecule has 0 bridgehead atoms. The van der Waals surface area contributed by atoms with Crippen molar-refractivity contribution in [3.63, 3.8) is 0 Å². The molecule has 0 radical (unpaired) electrons. The van der Waals surface area contributed by atoms with Crippen LogP contribution in [0.15, 0.2) is 18.2 Å². The molecule has 0 atom stereocenters. The predicted octanol–water partition coefficient (Wildman–Crippen LogP) is 2.41. The van der Waals surface area contributed by atoms with Gasteiger partial charge in [0.25, 0.3) is 5.91 Å². The zero-order valence-electron chi connectivity index (χ0n) is 14.6. The maximum Gasteiger partial charge on any atom is 0.251 e. The van der Waals surface area contributed by atoms with E-state index in [1.54, 1.807) is 21.0 Å². The summed E-state index contributed by atoms with van der Waals surface area (Å²) in [6.45, 7) is 9.07. The Morgan fingerprint density at radius 2 is 2.04 bits per heavy atom. The molecule has 2 N–H and O–H groups in total. The number of aromatic nitrogens is 1. The zero-order chi connectivity index (χ0) is 17.2. The van der Waals surface area contributed by atoms with Crippen LogP contribution in [0.2, 0.25) is 0 Å². The number of carbonyl (C=O) groups excluding carboxylic acids is 1. The average molecular weight is 318 g/mol. The number of rotatable bonds is 6. The normalized spacial score (nSPS) is 11.9. The largest absolute Gasteiger partial charge is 0.394 e. The molecule has 0 aliphatic rings. The van der Waals surface area contributed by atoms with Crippen molar-refractivity contribution in [3.8, 4) is 0 Å². The van der Waals surface area contributed by atoms with Crippen LogP contribution in [0.25, 0.3) is 10.9 Å². The predicted molar refractivity (Wildman–Crippen MR) is 91.9 cm³/mol. The Morgan fingerprint density at radius 3 is 2.65 bits per heavy atom. The molecule has 0 unspecified atom stereocenters. The quantitative estimate of drug-likeness (QED) is 0.860. The smallest absolute Gasteiger partial charge is 0.251 e. The second-order valence-corrected chi connectivity index (χ2v) is 6.58. The van der Waals surface area contributed by atoms with Crippen LogP contribution in [-0.2, 0) is 11.3 Å². The van der Waals surface area contributed by atoms with Gasteiger partial charge in [0.15, 0.2) is 0 Å². The Bertz CT molecular complexity index is 717. The van der Waals surface area contributed by atoms with E-state index in [9.17, 15) is 9.90 Å². The highest BCUT2D eigenvalue weighted by Crippen LogP contribution is 2.26. The molecule has 23 heavy (non-hydrogen) atoms. The van der Waals surface area contributed by atoms with E-state index >= 15 is 0 Å². The van der Waals surface area contributed by atoms with Gasteiger partial charge in [-0.15, -0.1) is 0 Å². The fourth-order valence-electron chi connectivity index (χ4n) is 2.68. The van der Waals surface area contributed by atoms with Gasteiger partial charge in [0, 0.05) is 35.8 Å². The first-order valence-electron chi connectivity index (χ1n) is 7.82. The van der Waals surface area contributed by atoms with E-state index in [1.165, 1.54) is 11.3 Å². The number of aliphatic hydroxyl groups excluding tert-OH is 1. The summed E-state index contributed by atoms with van der Waals surface area (Å²) in [5.74, 6) is -0.173. The van der Waals surface area contributed by atoms with Gasteiger partial charge in [0.05, 0.1) is 18.8 Å². The molecule has 1 aromatic carbocycles. The maximum absolute atomic E-state index is 12.4. The van der Waals surface area contributed by atoms with Gasteiger partial charge in [-0.2, -0.15) is 0 Å². The van der Waals surface area contributed by atoms with Gasteiger partial charge in [-0.1, -0.05) is 0 Å². The van der Waals surface area contributed by atoms with E-state index < -0.39 is 5.54 Å². The third-order valence-corrected chi connectivity index (χ3v) is 4.27. The molecule has 5 heteroatoms. The topological polar surface area (TPSA) is 63.5 Å². The highest BCUT2D eigenvalue weighted by Gasteiger charge is 2.21. The number of nitrogens with one attached hydrogen (secondary N) is 1. The van der Waals surface area contributed by atoms with Crippen molar-refractivity contribution >= 4 is 16.8 Å². The molecule has 0 spiro atoms. The SMILES string of the molecule is COCCn1c(C)c(C)c2cc(C(=O)NC(C)(C)CO)ccc21. The minimum atomic E-state index is -0.638. The summed E-state index contributed by atoms with van der Waals surface area (Å²) in [4.78, 5) is 12.4. The first-order valence-corrected chi connectivity index (χ1v) is 7.82. The van der Waals surface area contributed by atoms with Crippen molar-refractivity contribution in [2.24, 2.45) is 0 Å². The second-order valence-electron chi connectivity index (χ2n) is 6.58. The van der Waals surface area contributed by atoms with Gasteiger partial charge in [0.1, 0.15) is 0 Å². The van der Waals surface area contributed by atoms with E-state index in [0.29, 0.717) is 12.2 Å². The van der Waals surface area contributed by atoms with Gasteiger partial charge in [-0.3, -0.25) is 4.79 Å². The first kappa shape index (κ1) is 17.5. The first-order chi connectivity index (χ1) is 10.8. The Morgan fingerprint density at radius 1 is 1.35 bits per heavy atom. The number of fused-ring (bicyclic) bond motifs is 1. The van der Waals surface area contributed by atoms with Crippen LogP contribution < -0.4 is 5.32 Å². The molecular formula is C18H26N2O3. The molecule has 0 saturated carbocycles. The maximum atomic E-state index is 12.4. The van der Waals surface area contributed by atoms with Crippen LogP contribution in [0.5, 0.6) is 0 Å². The molecule has 2 aromatic rings. The number of benzene rings is 1. The Labute approximate surface area is 137 Å². The van der Waals surface area contributed by atoms with Crippen LogP contribution in [-0.4, -0.2) is 41.4 Å². The monoisotopic (exact) mass is 318 g/mol. The molecule has 5 nitrogen and oxygen atoms in total. The van der Waals surface area contributed by atoms with Crippen LogP contribution in [0.4, 0.5) is 0 Å². The van der Waals surface area contributed by atoms with Crippen molar-refractivity contribution in [3.05, 3.63) is 35.0 Å². The number of aryl methyl sites for hydroxylation is 1. The summed E-state index contributed by atoms with van der Waals surface area (Å²) in [6.07, 6.45) is 0. The van der Waals surface area contributed by atoms with E-state index in [1.807, 2.05) is 18.2 Å². The van der Waals surface area contributed by atoms with Crippen molar-refractivity contribution < 1.29 is 14.6 Å². The number of aliphatic hydroxyl groups is 1. The van der Waals surface area contributed by atoms with Crippen LogP contribution >= 0.6 is 0 Å². The van der Waals surface area contributed by atoms with Crippen LogP contribution in [0.1, 0.15) is 35.5 Å². The minimum Gasteiger partial charge on any atom is -0.394 e. The molecule has 0 saturated heterocycles. The lowest BCUT2D eigenvalue weighted by Gasteiger charge is -2.23. The van der Waals surface area contributed by atoms with Crippen molar-refractivity contribution in [2.75, 3.05) is 20.3 Å². The number of methoxy groups -OCH3 is 1. The molecule has 126 valence electrons. The van der Waals surface area contributed by atoms with E-state index in [2.05, 4.69) is 23.7 Å². The van der Waals surface area contributed by atoms with Crippen molar-refractivity contribution in [1.29, 1.82) is 0 Å². The van der Waals surface area contributed by atoms with E-state index in [0.717, 1.165) is 17.4 Å². The molecule has 1 aromatic heterocycles. The number of ether oxygens (including phenoxy) is 1. The van der Waals surface area contributed by atoms with Gasteiger partial charge in [-0.05, 0) is 51.5 Å². The minimum absolute atomic E-state index is 0.105. The van der Waals surface area contributed by atoms with Gasteiger partial charge in [0.2, 0.25) is 0 Å². The standard InChI is InChI=1S/C18H26N2O3/c1-12-13(2)20(8-9-23-5)16-7-6-14(10-15(12)16)17(22)19-18(3,4)11-21/h6-7,10,21H,8-9,11H2,1-5H3,(H,19,22). The lowest BCUT2D eigenvalue weighted by Crippen LogP contribution is -2.46. The van der Waals surface area contributed by atoms with E-state index in [-0.39, 0.29) is 12.5 Å². The summed E-state index contributed by atoms with van der Waals surface area (Å²) in [5, 5.41) is 13.2. The lowest BCUT2D eigenvalue weighted by molar-refractivity contribution is 0.0869. The molecule has 0 fully saturated rings. The summed E-state index contributed by atoms with van der Waals surface area (Å²) in [6, 6.07) is 5.73. The fraction of sp³-hybridized carbons (Fsp3) is 0.500. The lowest BCUT2D eigenvalue weighted by atomic mass is 10.0. The summed E-state index contributed by atoms with van der Waals surface area (Å²) < 4.78 is 7.40. The number of hydrogen-bond acceptors (Lipinski definition) is 3. The Hall–Kier alpha value is -1.85. The number of amides is 1. The molecular weight excluding hydrogens is 292 g/mol. The Kier molecular flexibility index (Phi) is 5.12. The Balaban J connectivity index is 2.39. The number of nitrogens with zero attached hydrogens (tertiary/aromatic N) is 1. The average Bonchev–Trinajstić information content (AvgIpc) is 2.76. The van der Waals surface area contributed by atoms with Gasteiger partial charge in [-0.25, -0.2) is 0 Å². The second kappa shape index (κ2) is 6.72. The molecule has 0 aliphatic carbocycles. The molecule has 1 heterocycles. The van der Waals surface area contributed by atoms with Crippen molar-refractivity contribution in [2.45, 2.75) is 39.8 Å². The molecule has 0 aliphatic heterocycles. The van der Waals surface area contributed by atoms with Gasteiger partial charge < -0.3 is 19.7 Å². The zero-order valence-corrected chi connectivity index (χ0v) is 14.6. The third kappa shape index (κ3) is 3.57. The molecule has 2 rings (SSSR count). The van der Waals surface area contributed by atoms with Gasteiger partial charge >= 0.3 is 0 Å². The summed E-state index contributed by atoms with van der Waals surface area (Å²) in [7, 11) is 1.69.